The molecule has 2 heteroatoms. The number of aromatic nitrogens is 1. The summed E-state index contributed by atoms with van der Waals surface area (Å²) in [6, 6.07) is 15.9. The Hall–Kier alpha value is -2.19. The zero-order valence-corrected chi connectivity index (χ0v) is 11.7. The van der Waals surface area contributed by atoms with Gasteiger partial charge in [0.1, 0.15) is 5.60 Å². The highest BCUT2D eigenvalue weighted by molar-refractivity contribution is 5.86. The van der Waals surface area contributed by atoms with Crippen molar-refractivity contribution in [3.63, 3.8) is 0 Å². The van der Waals surface area contributed by atoms with Gasteiger partial charge in [0.25, 0.3) is 0 Å². The third kappa shape index (κ3) is 1.98. The number of pyridine rings is 1. The zero-order valence-electron chi connectivity index (χ0n) is 11.7. The van der Waals surface area contributed by atoms with Gasteiger partial charge in [-0.3, -0.25) is 4.98 Å². The fourth-order valence-corrected chi connectivity index (χ4v) is 2.81. The standard InChI is InChI=1S/C18H17NO/c1-13-6-3-4-8-16(13)18(2,20)17-9-5-7-14-12-19-11-10-15(14)17/h3-12,20H,1-2H3. The summed E-state index contributed by atoms with van der Waals surface area (Å²) in [5.74, 6) is 0. The molecule has 0 bridgehead atoms. The smallest absolute Gasteiger partial charge is 0.113 e. The lowest BCUT2D eigenvalue weighted by Gasteiger charge is -2.27. The van der Waals surface area contributed by atoms with Crippen molar-refractivity contribution < 1.29 is 5.11 Å². The first-order valence-electron chi connectivity index (χ1n) is 6.72. The van der Waals surface area contributed by atoms with E-state index in [1.54, 1.807) is 6.20 Å². The third-order valence-electron chi connectivity index (χ3n) is 3.87. The molecule has 0 saturated heterocycles. The van der Waals surface area contributed by atoms with Crippen molar-refractivity contribution in [3.8, 4) is 0 Å². The van der Waals surface area contributed by atoms with Gasteiger partial charge in [-0.25, -0.2) is 0 Å². The predicted octanol–water partition coefficient (Wildman–Crippen LogP) is 3.80. The molecule has 0 aliphatic rings. The van der Waals surface area contributed by atoms with Gasteiger partial charge in [0, 0.05) is 17.8 Å². The zero-order chi connectivity index (χ0) is 14.2. The highest BCUT2D eigenvalue weighted by atomic mass is 16.3. The summed E-state index contributed by atoms with van der Waals surface area (Å²) in [5.41, 5.74) is 1.91. The summed E-state index contributed by atoms with van der Waals surface area (Å²) < 4.78 is 0. The molecule has 0 radical (unpaired) electrons. The molecule has 2 nitrogen and oxygen atoms in total. The normalized spacial score (nSPS) is 14.2. The Labute approximate surface area is 118 Å². The Morgan fingerprint density at radius 1 is 0.950 bits per heavy atom. The lowest BCUT2D eigenvalue weighted by atomic mass is 9.83. The van der Waals surface area contributed by atoms with Crippen LogP contribution in [0.25, 0.3) is 10.8 Å². The van der Waals surface area contributed by atoms with Gasteiger partial charge < -0.3 is 5.11 Å². The second-order valence-corrected chi connectivity index (χ2v) is 5.29. The van der Waals surface area contributed by atoms with E-state index in [4.69, 9.17) is 0 Å². The minimum absolute atomic E-state index is 0.909. The van der Waals surface area contributed by atoms with E-state index in [1.165, 1.54) is 0 Å². The largest absolute Gasteiger partial charge is 0.381 e. The molecule has 3 aromatic rings. The average Bonchev–Trinajstić information content (AvgIpc) is 2.47. The summed E-state index contributed by atoms with van der Waals surface area (Å²) in [6.07, 6.45) is 3.59. The quantitative estimate of drug-likeness (QED) is 0.763. The van der Waals surface area contributed by atoms with Crippen LogP contribution in [0.3, 0.4) is 0 Å². The van der Waals surface area contributed by atoms with Crippen LogP contribution in [-0.4, -0.2) is 10.1 Å². The highest BCUT2D eigenvalue weighted by Crippen LogP contribution is 2.35. The second-order valence-electron chi connectivity index (χ2n) is 5.29. The Balaban J connectivity index is 2.27. The van der Waals surface area contributed by atoms with E-state index >= 15 is 0 Å². The van der Waals surface area contributed by atoms with Crippen molar-refractivity contribution in [1.29, 1.82) is 0 Å². The fourth-order valence-electron chi connectivity index (χ4n) is 2.81. The predicted molar refractivity (Wildman–Crippen MR) is 81.6 cm³/mol. The third-order valence-corrected chi connectivity index (χ3v) is 3.87. The van der Waals surface area contributed by atoms with Crippen LogP contribution >= 0.6 is 0 Å². The van der Waals surface area contributed by atoms with E-state index in [1.807, 2.05) is 68.6 Å². The monoisotopic (exact) mass is 263 g/mol. The topological polar surface area (TPSA) is 33.1 Å². The van der Waals surface area contributed by atoms with Crippen molar-refractivity contribution in [2.24, 2.45) is 0 Å². The van der Waals surface area contributed by atoms with Gasteiger partial charge in [-0.15, -0.1) is 0 Å². The molecule has 1 N–H and O–H groups in total. The summed E-state index contributed by atoms with van der Waals surface area (Å²) in [7, 11) is 0. The van der Waals surface area contributed by atoms with E-state index in [2.05, 4.69) is 4.98 Å². The average molecular weight is 263 g/mol. The first-order chi connectivity index (χ1) is 9.60. The molecular formula is C18H17NO. The highest BCUT2D eigenvalue weighted by Gasteiger charge is 2.28. The van der Waals surface area contributed by atoms with Gasteiger partial charge in [0.05, 0.1) is 0 Å². The van der Waals surface area contributed by atoms with Gasteiger partial charge in [0.15, 0.2) is 0 Å². The maximum atomic E-state index is 11.1. The number of hydrogen-bond acceptors (Lipinski definition) is 2. The lowest BCUT2D eigenvalue weighted by Crippen LogP contribution is -2.24. The summed E-state index contributed by atoms with van der Waals surface area (Å²) >= 11 is 0. The number of fused-ring (bicyclic) bond motifs is 1. The van der Waals surface area contributed by atoms with Crippen LogP contribution in [0.5, 0.6) is 0 Å². The van der Waals surface area contributed by atoms with E-state index in [0.717, 1.165) is 27.5 Å². The van der Waals surface area contributed by atoms with Crippen LogP contribution in [0, 0.1) is 6.92 Å². The number of aryl methyl sites for hydroxylation is 1. The van der Waals surface area contributed by atoms with Gasteiger partial charge in [-0.2, -0.15) is 0 Å². The number of aliphatic hydroxyl groups is 1. The first-order valence-corrected chi connectivity index (χ1v) is 6.72. The molecule has 2 aromatic carbocycles. The lowest BCUT2D eigenvalue weighted by molar-refractivity contribution is 0.103. The minimum Gasteiger partial charge on any atom is -0.381 e. The molecule has 0 aliphatic carbocycles. The Kier molecular flexibility index (Phi) is 3.03. The molecule has 3 rings (SSSR count). The molecule has 1 aromatic heterocycles. The maximum absolute atomic E-state index is 11.1. The first kappa shape index (κ1) is 12.8. The van der Waals surface area contributed by atoms with E-state index in [-0.39, 0.29) is 0 Å². The van der Waals surface area contributed by atoms with Crippen LogP contribution in [0.15, 0.2) is 60.9 Å². The molecule has 20 heavy (non-hydrogen) atoms. The number of hydrogen-bond donors (Lipinski definition) is 1. The van der Waals surface area contributed by atoms with E-state index in [9.17, 15) is 5.11 Å². The van der Waals surface area contributed by atoms with Crippen LogP contribution in [0.2, 0.25) is 0 Å². The molecule has 1 unspecified atom stereocenters. The summed E-state index contributed by atoms with van der Waals surface area (Å²) in [5, 5.41) is 13.2. The van der Waals surface area contributed by atoms with Gasteiger partial charge in [0.2, 0.25) is 0 Å². The molecular weight excluding hydrogens is 246 g/mol. The molecule has 0 fully saturated rings. The van der Waals surface area contributed by atoms with Crippen LogP contribution in [-0.2, 0) is 5.60 Å². The Morgan fingerprint density at radius 3 is 2.50 bits per heavy atom. The number of nitrogens with zero attached hydrogens (tertiary/aromatic N) is 1. The second kappa shape index (κ2) is 4.73. The Bertz CT molecular complexity index is 757. The fraction of sp³-hybridized carbons (Fsp3) is 0.167. The van der Waals surface area contributed by atoms with Crippen LogP contribution < -0.4 is 0 Å². The van der Waals surface area contributed by atoms with Crippen molar-refractivity contribution in [2.75, 3.05) is 0 Å². The number of rotatable bonds is 2. The van der Waals surface area contributed by atoms with E-state index < -0.39 is 5.60 Å². The summed E-state index contributed by atoms with van der Waals surface area (Å²) in [4.78, 5) is 4.14. The molecule has 100 valence electrons. The van der Waals surface area contributed by atoms with Crippen LogP contribution in [0.4, 0.5) is 0 Å². The van der Waals surface area contributed by atoms with Crippen molar-refractivity contribution in [2.45, 2.75) is 19.4 Å². The van der Waals surface area contributed by atoms with Gasteiger partial charge in [-0.05, 0) is 42.0 Å². The number of benzene rings is 2. The molecule has 0 aliphatic heterocycles. The Morgan fingerprint density at radius 2 is 1.70 bits per heavy atom. The maximum Gasteiger partial charge on any atom is 0.113 e. The summed E-state index contributed by atoms with van der Waals surface area (Å²) in [6.45, 7) is 3.88. The van der Waals surface area contributed by atoms with Crippen molar-refractivity contribution in [1.82, 2.24) is 4.98 Å². The van der Waals surface area contributed by atoms with Gasteiger partial charge in [-0.1, -0.05) is 42.5 Å². The molecule has 0 saturated carbocycles. The molecule has 1 heterocycles. The molecule has 1 atom stereocenters. The van der Waals surface area contributed by atoms with Crippen molar-refractivity contribution >= 4 is 10.8 Å². The molecule has 0 spiro atoms. The van der Waals surface area contributed by atoms with Crippen molar-refractivity contribution in [3.05, 3.63) is 77.6 Å². The molecule has 0 amide bonds. The van der Waals surface area contributed by atoms with Gasteiger partial charge >= 0.3 is 0 Å². The minimum atomic E-state index is -1.02. The van der Waals surface area contributed by atoms with Crippen LogP contribution in [0.1, 0.15) is 23.6 Å². The SMILES string of the molecule is Cc1ccccc1C(C)(O)c1cccc2cnccc12. The van der Waals surface area contributed by atoms with E-state index in [0.29, 0.717) is 0 Å².